The summed E-state index contributed by atoms with van der Waals surface area (Å²) in [7, 11) is 0. The molecule has 0 radical (unpaired) electrons. The van der Waals surface area contributed by atoms with Gasteiger partial charge in [0.2, 0.25) is 0 Å². The Morgan fingerprint density at radius 1 is 1.50 bits per heavy atom. The van der Waals surface area contributed by atoms with Gasteiger partial charge in [-0.3, -0.25) is 0 Å². The molecule has 0 saturated heterocycles. The first-order valence-electron chi connectivity index (χ1n) is 5.28. The molecule has 16 heavy (non-hydrogen) atoms. The second-order valence-corrected chi connectivity index (χ2v) is 4.85. The number of rotatable bonds is 6. The molecule has 86 valence electrons. The van der Waals surface area contributed by atoms with Crippen LogP contribution in [-0.4, -0.2) is 18.3 Å². The predicted octanol–water partition coefficient (Wildman–Crippen LogP) is 3.32. The van der Waals surface area contributed by atoms with E-state index >= 15 is 0 Å². The summed E-state index contributed by atoms with van der Waals surface area (Å²) in [5.74, 6) is 0.722. The van der Waals surface area contributed by atoms with Gasteiger partial charge in [-0.2, -0.15) is 5.26 Å². The van der Waals surface area contributed by atoms with E-state index in [1.54, 1.807) is 11.8 Å². The van der Waals surface area contributed by atoms with Gasteiger partial charge in [-0.25, -0.2) is 0 Å². The zero-order chi connectivity index (χ0) is 11.8. The van der Waals surface area contributed by atoms with Crippen molar-refractivity contribution in [2.45, 2.75) is 24.3 Å². The van der Waals surface area contributed by atoms with Crippen molar-refractivity contribution in [2.24, 2.45) is 0 Å². The summed E-state index contributed by atoms with van der Waals surface area (Å²) in [5.41, 5.74) is 0. The third-order valence-corrected chi connectivity index (χ3v) is 3.65. The van der Waals surface area contributed by atoms with Crippen LogP contribution in [0, 0.1) is 11.3 Å². The summed E-state index contributed by atoms with van der Waals surface area (Å²) >= 11 is 7.64. The highest BCUT2D eigenvalue weighted by Crippen LogP contribution is 2.26. The lowest BCUT2D eigenvalue weighted by atomic mass is 10.3. The molecule has 0 fully saturated rings. The Morgan fingerprint density at radius 3 is 2.88 bits per heavy atom. The van der Waals surface area contributed by atoms with Gasteiger partial charge in [0.25, 0.3) is 0 Å². The molecule has 1 N–H and O–H groups in total. The summed E-state index contributed by atoms with van der Waals surface area (Å²) < 4.78 is 0. The van der Waals surface area contributed by atoms with Crippen molar-refractivity contribution in [1.29, 1.82) is 5.26 Å². The molecule has 0 aliphatic heterocycles. The minimum Gasteiger partial charge on any atom is -0.301 e. The predicted molar refractivity (Wildman–Crippen MR) is 69.9 cm³/mol. The van der Waals surface area contributed by atoms with Crippen LogP contribution in [0.4, 0.5) is 0 Å². The molecule has 2 nitrogen and oxygen atoms in total. The van der Waals surface area contributed by atoms with Crippen molar-refractivity contribution in [3.05, 3.63) is 29.3 Å². The van der Waals surface area contributed by atoms with Crippen LogP contribution in [0.2, 0.25) is 5.02 Å². The van der Waals surface area contributed by atoms with Crippen LogP contribution < -0.4 is 5.32 Å². The van der Waals surface area contributed by atoms with E-state index in [0.29, 0.717) is 0 Å². The molecule has 1 rings (SSSR count). The highest BCUT2D eigenvalue weighted by molar-refractivity contribution is 7.99. The lowest BCUT2D eigenvalue weighted by Gasteiger charge is -2.10. The number of nitrogens with zero attached hydrogens (tertiary/aromatic N) is 1. The van der Waals surface area contributed by atoms with Gasteiger partial charge in [0.1, 0.15) is 6.04 Å². The van der Waals surface area contributed by atoms with Crippen LogP contribution in [0.3, 0.4) is 0 Å². The maximum Gasteiger partial charge on any atom is 0.105 e. The van der Waals surface area contributed by atoms with Crippen molar-refractivity contribution in [3.8, 4) is 6.07 Å². The summed E-state index contributed by atoms with van der Waals surface area (Å²) in [6.07, 6.45) is 1.04. The lowest BCUT2D eigenvalue weighted by Crippen LogP contribution is -2.30. The van der Waals surface area contributed by atoms with Gasteiger partial charge in [0.05, 0.1) is 11.1 Å². The first kappa shape index (κ1) is 13.4. The number of hydrogen-bond donors (Lipinski definition) is 1. The largest absolute Gasteiger partial charge is 0.301 e. The van der Waals surface area contributed by atoms with Gasteiger partial charge >= 0.3 is 0 Å². The third kappa shape index (κ3) is 4.44. The highest BCUT2D eigenvalue weighted by atomic mass is 35.5. The zero-order valence-corrected chi connectivity index (χ0v) is 10.8. The molecule has 1 aromatic rings. The minimum absolute atomic E-state index is 0.110. The molecule has 0 bridgehead atoms. The van der Waals surface area contributed by atoms with Crippen LogP contribution in [-0.2, 0) is 0 Å². The topological polar surface area (TPSA) is 35.8 Å². The zero-order valence-electron chi connectivity index (χ0n) is 9.24. The van der Waals surface area contributed by atoms with E-state index < -0.39 is 0 Å². The van der Waals surface area contributed by atoms with E-state index in [4.69, 9.17) is 16.9 Å². The molecular formula is C12H15ClN2S. The Labute approximate surface area is 106 Å². The Bertz CT molecular complexity index is 362. The molecule has 1 unspecified atom stereocenters. The Hall–Kier alpha value is -0.690. The van der Waals surface area contributed by atoms with Gasteiger partial charge in [0.15, 0.2) is 0 Å². The van der Waals surface area contributed by atoms with Crippen LogP contribution in [0.25, 0.3) is 0 Å². The maximum absolute atomic E-state index is 8.94. The molecule has 0 aliphatic carbocycles. The van der Waals surface area contributed by atoms with Crippen LogP contribution in [0.5, 0.6) is 0 Å². The standard InChI is InChI=1S/C12H15ClN2S/c1-2-7-15-10(8-14)9-16-12-6-4-3-5-11(12)13/h3-6,10,15H,2,7,9H2,1H3. The normalized spacial score (nSPS) is 12.1. The first-order chi connectivity index (χ1) is 7.77. The summed E-state index contributed by atoms with van der Waals surface area (Å²) in [5, 5.41) is 12.9. The number of hydrogen-bond acceptors (Lipinski definition) is 3. The number of benzene rings is 1. The molecule has 1 atom stereocenters. The number of nitriles is 1. The highest BCUT2D eigenvalue weighted by Gasteiger charge is 2.07. The molecule has 0 aliphatic rings. The fourth-order valence-electron chi connectivity index (χ4n) is 1.20. The van der Waals surface area contributed by atoms with Crippen molar-refractivity contribution in [3.63, 3.8) is 0 Å². The van der Waals surface area contributed by atoms with Crippen molar-refractivity contribution in [1.82, 2.24) is 5.32 Å². The number of thioether (sulfide) groups is 1. The van der Waals surface area contributed by atoms with E-state index in [-0.39, 0.29) is 6.04 Å². The Balaban J connectivity index is 2.44. The average molecular weight is 255 g/mol. The monoisotopic (exact) mass is 254 g/mol. The average Bonchev–Trinajstić information content (AvgIpc) is 2.31. The van der Waals surface area contributed by atoms with E-state index in [2.05, 4.69) is 18.3 Å². The van der Waals surface area contributed by atoms with Gasteiger partial charge in [-0.1, -0.05) is 30.7 Å². The fourth-order valence-corrected chi connectivity index (χ4v) is 2.41. The SMILES string of the molecule is CCCNC(C#N)CSc1ccccc1Cl. The van der Waals surface area contributed by atoms with Crippen LogP contribution >= 0.6 is 23.4 Å². The molecular weight excluding hydrogens is 240 g/mol. The second-order valence-electron chi connectivity index (χ2n) is 3.38. The molecule has 0 aromatic heterocycles. The smallest absolute Gasteiger partial charge is 0.105 e. The quantitative estimate of drug-likeness (QED) is 0.791. The van der Waals surface area contributed by atoms with Gasteiger partial charge in [-0.05, 0) is 25.1 Å². The molecule has 0 amide bonds. The van der Waals surface area contributed by atoms with E-state index in [1.165, 1.54) is 0 Å². The van der Waals surface area contributed by atoms with E-state index in [0.717, 1.165) is 28.6 Å². The van der Waals surface area contributed by atoms with Crippen LogP contribution in [0.1, 0.15) is 13.3 Å². The van der Waals surface area contributed by atoms with Gasteiger partial charge < -0.3 is 5.32 Å². The molecule has 1 aromatic carbocycles. The fraction of sp³-hybridized carbons (Fsp3) is 0.417. The minimum atomic E-state index is -0.110. The van der Waals surface area contributed by atoms with Crippen molar-refractivity contribution >= 4 is 23.4 Å². The summed E-state index contributed by atoms with van der Waals surface area (Å²) in [6, 6.07) is 9.84. The first-order valence-corrected chi connectivity index (χ1v) is 6.64. The lowest BCUT2D eigenvalue weighted by molar-refractivity contribution is 0.637. The molecule has 0 saturated carbocycles. The molecule has 0 heterocycles. The van der Waals surface area contributed by atoms with E-state index in [9.17, 15) is 0 Å². The Morgan fingerprint density at radius 2 is 2.25 bits per heavy atom. The molecule has 4 heteroatoms. The summed E-state index contributed by atoms with van der Waals surface area (Å²) in [6.45, 7) is 2.96. The van der Waals surface area contributed by atoms with Crippen molar-refractivity contribution < 1.29 is 0 Å². The number of halogens is 1. The van der Waals surface area contributed by atoms with Crippen molar-refractivity contribution in [2.75, 3.05) is 12.3 Å². The van der Waals surface area contributed by atoms with Gasteiger partial charge in [0, 0.05) is 10.6 Å². The van der Waals surface area contributed by atoms with E-state index in [1.807, 2.05) is 24.3 Å². The maximum atomic E-state index is 8.94. The molecule has 0 spiro atoms. The van der Waals surface area contributed by atoms with Gasteiger partial charge in [-0.15, -0.1) is 11.8 Å². The Kier molecular flexibility index (Phi) is 6.32. The van der Waals surface area contributed by atoms with Crippen LogP contribution in [0.15, 0.2) is 29.2 Å². The second kappa shape index (κ2) is 7.56. The third-order valence-electron chi connectivity index (χ3n) is 2.04. The number of nitrogens with one attached hydrogen (secondary N) is 1. The summed E-state index contributed by atoms with van der Waals surface area (Å²) in [4.78, 5) is 1.03.